The molecular weight excluding hydrogens is 261 g/mol. The number of thiocarbonyl (C=S) groups is 1. The molecule has 0 bridgehead atoms. The average molecular weight is 273 g/mol. The molecule has 0 aliphatic carbocycles. The summed E-state index contributed by atoms with van der Waals surface area (Å²) >= 11 is 4.44. The number of benzene rings is 1. The smallest absolute Gasteiger partial charge is 0.241 e. The summed E-state index contributed by atoms with van der Waals surface area (Å²) in [5.74, 6) is -0.534. The lowest BCUT2D eigenvalue weighted by Gasteiger charge is -2.04. The van der Waals surface area contributed by atoms with Gasteiger partial charge in [0, 0.05) is 5.56 Å². The van der Waals surface area contributed by atoms with Crippen molar-refractivity contribution < 1.29 is 4.39 Å². The third-order valence-electron chi connectivity index (χ3n) is 2.64. The Kier molecular flexibility index (Phi) is 4.44. The minimum atomic E-state index is -0.658. The van der Waals surface area contributed by atoms with Crippen LogP contribution in [0.25, 0.3) is 11.3 Å². The summed E-state index contributed by atoms with van der Waals surface area (Å²) in [4.78, 5) is 11.3. The van der Waals surface area contributed by atoms with Crippen molar-refractivity contribution in [2.45, 2.75) is 19.8 Å². The van der Waals surface area contributed by atoms with Gasteiger partial charge < -0.3 is 0 Å². The van der Waals surface area contributed by atoms with E-state index >= 15 is 0 Å². The molecule has 0 atom stereocenters. The Morgan fingerprint density at radius 3 is 2.63 bits per heavy atom. The number of halogens is 1. The summed E-state index contributed by atoms with van der Waals surface area (Å²) < 4.78 is 13.8. The van der Waals surface area contributed by atoms with Gasteiger partial charge >= 0.3 is 0 Å². The average Bonchev–Trinajstić information content (AvgIpc) is 2.41. The van der Waals surface area contributed by atoms with Gasteiger partial charge in [0.05, 0.1) is 11.4 Å². The lowest BCUT2D eigenvalue weighted by molar-refractivity contribution is 0.582. The van der Waals surface area contributed by atoms with E-state index in [1.54, 1.807) is 0 Å². The van der Waals surface area contributed by atoms with Gasteiger partial charge in [-0.3, -0.25) is 0 Å². The molecule has 0 unspecified atom stereocenters. The summed E-state index contributed by atoms with van der Waals surface area (Å²) in [6, 6.07) is 7.65. The fourth-order valence-corrected chi connectivity index (χ4v) is 1.86. The van der Waals surface area contributed by atoms with Crippen molar-refractivity contribution in [3.8, 4) is 11.3 Å². The first-order valence-electron chi connectivity index (χ1n) is 5.94. The quantitative estimate of drug-likeness (QED) is 0.625. The zero-order chi connectivity index (χ0) is 13.7. The van der Waals surface area contributed by atoms with Gasteiger partial charge in [0.25, 0.3) is 0 Å². The van der Waals surface area contributed by atoms with E-state index in [1.807, 2.05) is 24.3 Å². The molecule has 2 rings (SSSR count). The highest BCUT2D eigenvalue weighted by atomic mass is 32.1. The van der Waals surface area contributed by atoms with Crippen LogP contribution in [0.1, 0.15) is 18.9 Å². The van der Waals surface area contributed by atoms with E-state index in [2.05, 4.69) is 39.3 Å². The van der Waals surface area contributed by atoms with Gasteiger partial charge in [0.1, 0.15) is 5.69 Å². The van der Waals surface area contributed by atoms with Crippen LogP contribution in [-0.2, 0) is 6.42 Å². The Morgan fingerprint density at radius 2 is 2.05 bits per heavy atom. The van der Waals surface area contributed by atoms with E-state index in [-0.39, 0.29) is 11.5 Å². The van der Waals surface area contributed by atoms with Crippen molar-refractivity contribution in [3.05, 3.63) is 42.0 Å². The fraction of sp³-hybridized carbons (Fsp3) is 0.214. The van der Waals surface area contributed by atoms with Gasteiger partial charge in [-0.25, -0.2) is 4.98 Å². The van der Waals surface area contributed by atoms with Crippen LogP contribution in [0.15, 0.2) is 35.5 Å². The van der Waals surface area contributed by atoms with Crippen molar-refractivity contribution in [2.75, 3.05) is 0 Å². The summed E-state index contributed by atoms with van der Waals surface area (Å²) in [6.07, 6.45) is 3.46. The van der Waals surface area contributed by atoms with Gasteiger partial charge in [-0.1, -0.05) is 37.6 Å². The number of hydrogen-bond donors (Lipinski definition) is 0. The molecule has 96 valence electrons. The summed E-state index contributed by atoms with van der Waals surface area (Å²) in [7, 11) is 0. The van der Waals surface area contributed by atoms with Gasteiger partial charge in [-0.05, 0) is 24.2 Å². The van der Waals surface area contributed by atoms with Crippen molar-refractivity contribution in [1.29, 1.82) is 0 Å². The first-order valence-corrected chi connectivity index (χ1v) is 6.35. The van der Waals surface area contributed by atoms with Crippen molar-refractivity contribution in [3.63, 3.8) is 0 Å². The van der Waals surface area contributed by atoms with E-state index in [0.717, 1.165) is 12.8 Å². The van der Waals surface area contributed by atoms with E-state index in [1.165, 1.54) is 11.8 Å². The zero-order valence-electron chi connectivity index (χ0n) is 10.4. The van der Waals surface area contributed by atoms with Gasteiger partial charge in [-0.2, -0.15) is 14.4 Å². The second-order valence-corrected chi connectivity index (χ2v) is 4.20. The molecule has 1 aromatic carbocycles. The molecule has 0 amide bonds. The Labute approximate surface area is 116 Å². The van der Waals surface area contributed by atoms with Gasteiger partial charge in [-0.15, -0.1) is 0 Å². The van der Waals surface area contributed by atoms with Crippen LogP contribution in [0.5, 0.6) is 0 Å². The fourth-order valence-electron chi connectivity index (χ4n) is 1.77. The van der Waals surface area contributed by atoms with Crippen molar-refractivity contribution >= 4 is 23.2 Å². The zero-order valence-corrected chi connectivity index (χ0v) is 11.2. The Bertz CT molecular complexity index is 619. The van der Waals surface area contributed by atoms with E-state index in [9.17, 15) is 4.39 Å². The van der Waals surface area contributed by atoms with Crippen LogP contribution in [-0.4, -0.2) is 15.1 Å². The topological polar surface area (TPSA) is 38.1 Å². The van der Waals surface area contributed by atoms with E-state index in [0.29, 0.717) is 5.56 Å². The second kappa shape index (κ2) is 6.27. The minimum absolute atomic E-state index is 0.124. The standard InChI is InChI=1S/C14H12FN3S/c1-2-3-10-4-6-11(7-5-10)13-14(15)18-12(8-16-13)17-9-19/h4-8H,2-3H2,1H3. The molecule has 0 spiro atoms. The maximum Gasteiger partial charge on any atom is 0.241 e. The van der Waals surface area contributed by atoms with Crippen LogP contribution in [0, 0.1) is 5.95 Å². The summed E-state index contributed by atoms with van der Waals surface area (Å²) in [5, 5.41) is 2.13. The van der Waals surface area contributed by atoms with Gasteiger partial charge in [0.2, 0.25) is 5.95 Å². The molecule has 1 heterocycles. The highest BCUT2D eigenvalue weighted by Crippen LogP contribution is 2.21. The largest absolute Gasteiger partial charge is 0.247 e. The highest BCUT2D eigenvalue weighted by Gasteiger charge is 2.09. The predicted molar refractivity (Wildman–Crippen MR) is 76.1 cm³/mol. The number of aromatic nitrogens is 2. The van der Waals surface area contributed by atoms with E-state index in [4.69, 9.17) is 0 Å². The predicted octanol–water partition coefficient (Wildman–Crippen LogP) is 3.97. The number of hydrogen-bond acceptors (Lipinski definition) is 4. The molecule has 5 heteroatoms. The molecule has 2 aromatic rings. The van der Waals surface area contributed by atoms with Crippen molar-refractivity contribution in [1.82, 2.24) is 9.97 Å². The maximum absolute atomic E-state index is 13.8. The molecule has 0 aliphatic heterocycles. The lowest BCUT2D eigenvalue weighted by Crippen LogP contribution is -1.93. The molecule has 19 heavy (non-hydrogen) atoms. The van der Waals surface area contributed by atoms with Crippen LogP contribution < -0.4 is 0 Å². The minimum Gasteiger partial charge on any atom is -0.247 e. The third-order valence-corrected chi connectivity index (χ3v) is 2.73. The van der Waals surface area contributed by atoms with Crippen LogP contribution in [0.2, 0.25) is 0 Å². The molecule has 0 fully saturated rings. The molecule has 1 aromatic heterocycles. The van der Waals surface area contributed by atoms with E-state index < -0.39 is 5.95 Å². The number of nitrogens with zero attached hydrogens (tertiary/aromatic N) is 3. The second-order valence-electron chi connectivity index (χ2n) is 4.02. The van der Waals surface area contributed by atoms with Crippen LogP contribution in [0.3, 0.4) is 0 Å². The number of aryl methyl sites for hydroxylation is 1. The molecule has 3 nitrogen and oxygen atoms in total. The number of aliphatic imine (C=N–C) groups is 1. The monoisotopic (exact) mass is 273 g/mol. The Balaban J connectivity index is 2.33. The molecule has 0 radical (unpaired) electrons. The lowest BCUT2D eigenvalue weighted by atomic mass is 10.1. The van der Waals surface area contributed by atoms with Gasteiger partial charge in [0.15, 0.2) is 5.82 Å². The Morgan fingerprint density at radius 1 is 1.32 bits per heavy atom. The number of rotatable bonds is 4. The normalized spacial score (nSPS) is 10.0. The SMILES string of the molecule is CCCc1ccc(-c2ncc(N=C=S)nc2F)cc1. The highest BCUT2D eigenvalue weighted by molar-refractivity contribution is 7.78. The maximum atomic E-state index is 13.8. The summed E-state index contributed by atoms with van der Waals surface area (Å²) in [5.41, 5.74) is 2.13. The molecular formula is C14H12FN3S. The summed E-state index contributed by atoms with van der Waals surface area (Å²) in [6.45, 7) is 2.12. The molecule has 0 saturated heterocycles. The molecule has 0 saturated carbocycles. The number of isothiocyanates is 1. The molecule has 0 aliphatic rings. The third kappa shape index (κ3) is 3.28. The van der Waals surface area contributed by atoms with Crippen LogP contribution in [0.4, 0.5) is 10.2 Å². The van der Waals surface area contributed by atoms with Crippen LogP contribution >= 0.6 is 12.2 Å². The van der Waals surface area contributed by atoms with Crippen molar-refractivity contribution in [2.24, 2.45) is 4.99 Å². The first-order chi connectivity index (χ1) is 9.24. The molecule has 0 N–H and O–H groups in total. The first kappa shape index (κ1) is 13.5. The Hall–Kier alpha value is -1.97.